The van der Waals surface area contributed by atoms with E-state index < -0.39 is 0 Å². The van der Waals surface area contributed by atoms with Crippen LogP contribution in [-0.2, 0) is 0 Å². The number of piperidine rings is 1. The molecule has 0 radical (unpaired) electrons. The van der Waals surface area contributed by atoms with Crippen molar-refractivity contribution in [1.29, 1.82) is 0 Å². The van der Waals surface area contributed by atoms with Gasteiger partial charge in [-0.1, -0.05) is 12.5 Å². The van der Waals surface area contributed by atoms with Crippen LogP contribution >= 0.6 is 0 Å². The quantitative estimate of drug-likeness (QED) is 0.904. The minimum atomic E-state index is 0.329. The first-order chi connectivity index (χ1) is 9.29. The fraction of sp³-hybridized carbons (Fsp3) is 0.600. The van der Waals surface area contributed by atoms with Crippen molar-refractivity contribution in [3.05, 3.63) is 23.8 Å². The van der Waals surface area contributed by atoms with E-state index in [1.807, 2.05) is 6.07 Å². The Bertz CT molecular complexity index is 450. The van der Waals surface area contributed by atoms with E-state index in [1.165, 1.54) is 31.4 Å². The Morgan fingerprint density at radius 3 is 2.95 bits per heavy atom. The maximum Gasteiger partial charge on any atom is 0.231 e. The Hall–Kier alpha value is -1.26. The second-order valence-corrected chi connectivity index (χ2v) is 5.50. The first-order valence-electron chi connectivity index (χ1n) is 7.09. The summed E-state index contributed by atoms with van der Waals surface area (Å²) in [7, 11) is 2.21. The molecular formula is C15H22N2O2. The first-order valence-corrected chi connectivity index (χ1v) is 7.09. The third-order valence-electron chi connectivity index (χ3n) is 4.37. The molecule has 4 heteroatoms. The van der Waals surface area contributed by atoms with Gasteiger partial charge in [0.15, 0.2) is 11.5 Å². The smallest absolute Gasteiger partial charge is 0.231 e. The van der Waals surface area contributed by atoms with E-state index in [0.29, 0.717) is 25.3 Å². The largest absolute Gasteiger partial charge is 0.454 e. The highest BCUT2D eigenvalue weighted by Crippen LogP contribution is 2.37. The van der Waals surface area contributed by atoms with E-state index in [0.717, 1.165) is 11.5 Å². The molecule has 0 spiro atoms. The maximum atomic E-state index is 6.04. The van der Waals surface area contributed by atoms with Crippen LogP contribution in [0.1, 0.15) is 30.7 Å². The van der Waals surface area contributed by atoms with E-state index in [-0.39, 0.29) is 0 Å². The molecule has 2 atom stereocenters. The summed E-state index contributed by atoms with van der Waals surface area (Å²) in [6, 6.07) is 6.78. The number of ether oxygens (including phenoxy) is 2. The van der Waals surface area contributed by atoms with Gasteiger partial charge in [0.1, 0.15) is 0 Å². The zero-order valence-corrected chi connectivity index (χ0v) is 11.5. The molecule has 2 N–H and O–H groups in total. The molecule has 1 aromatic carbocycles. The molecule has 104 valence electrons. The van der Waals surface area contributed by atoms with Gasteiger partial charge < -0.3 is 20.1 Å². The summed E-state index contributed by atoms with van der Waals surface area (Å²) < 4.78 is 10.8. The predicted octanol–water partition coefficient (Wildman–Crippen LogP) is 1.94. The van der Waals surface area contributed by atoms with Gasteiger partial charge >= 0.3 is 0 Å². The summed E-state index contributed by atoms with van der Waals surface area (Å²) >= 11 is 0. The topological polar surface area (TPSA) is 47.7 Å². The molecular weight excluding hydrogens is 240 g/mol. The summed E-state index contributed by atoms with van der Waals surface area (Å²) in [5.41, 5.74) is 7.31. The number of nitrogens with two attached hydrogens (primary N) is 1. The lowest BCUT2D eigenvalue weighted by atomic mass is 9.85. The van der Waals surface area contributed by atoms with Crippen LogP contribution in [-0.4, -0.2) is 37.9 Å². The number of rotatable bonds is 3. The lowest BCUT2D eigenvalue weighted by Gasteiger charge is -2.38. The number of hydrogen-bond donors (Lipinski definition) is 1. The van der Waals surface area contributed by atoms with Crippen molar-refractivity contribution < 1.29 is 9.47 Å². The number of nitrogens with zero attached hydrogens (tertiary/aromatic N) is 1. The predicted molar refractivity (Wildman–Crippen MR) is 74.6 cm³/mol. The number of hydrogen-bond acceptors (Lipinski definition) is 4. The summed E-state index contributed by atoms with van der Waals surface area (Å²) in [6.07, 6.45) is 3.83. The number of likely N-dealkylation sites (tertiary alicyclic amines) is 1. The molecule has 2 unspecified atom stereocenters. The van der Waals surface area contributed by atoms with Gasteiger partial charge in [0.25, 0.3) is 0 Å². The molecule has 1 fully saturated rings. The van der Waals surface area contributed by atoms with Crippen molar-refractivity contribution in [2.24, 2.45) is 5.73 Å². The highest BCUT2D eigenvalue weighted by Gasteiger charge is 2.29. The minimum absolute atomic E-state index is 0.329. The van der Waals surface area contributed by atoms with E-state index in [2.05, 4.69) is 24.1 Å². The average molecular weight is 262 g/mol. The molecule has 1 aromatic rings. The van der Waals surface area contributed by atoms with Crippen molar-refractivity contribution in [1.82, 2.24) is 4.90 Å². The Balaban J connectivity index is 1.85. The third-order valence-corrected chi connectivity index (χ3v) is 4.37. The van der Waals surface area contributed by atoms with Crippen molar-refractivity contribution in [3.63, 3.8) is 0 Å². The second-order valence-electron chi connectivity index (χ2n) is 5.50. The fourth-order valence-electron chi connectivity index (χ4n) is 3.27. The standard InChI is InChI=1S/C15H22N2O2/c1-17-7-3-2-4-13(17)12(9-16)11-5-6-14-15(8-11)19-10-18-14/h5-6,8,12-13H,2-4,7,9-10,16H2,1H3. The molecule has 3 rings (SSSR count). The van der Waals surface area contributed by atoms with E-state index in [4.69, 9.17) is 15.2 Å². The highest BCUT2D eigenvalue weighted by atomic mass is 16.7. The summed E-state index contributed by atoms with van der Waals surface area (Å²) in [6.45, 7) is 2.18. The molecule has 19 heavy (non-hydrogen) atoms. The Morgan fingerprint density at radius 1 is 1.32 bits per heavy atom. The Kier molecular flexibility index (Phi) is 3.62. The van der Waals surface area contributed by atoms with Gasteiger partial charge in [0.2, 0.25) is 6.79 Å². The molecule has 0 saturated carbocycles. The van der Waals surface area contributed by atoms with Crippen molar-refractivity contribution in [2.75, 3.05) is 26.9 Å². The summed E-state index contributed by atoms with van der Waals surface area (Å²) in [5.74, 6) is 2.07. The van der Waals surface area contributed by atoms with Crippen LogP contribution in [0.3, 0.4) is 0 Å². The van der Waals surface area contributed by atoms with Gasteiger partial charge in [-0.15, -0.1) is 0 Å². The van der Waals surface area contributed by atoms with Crippen molar-refractivity contribution >= 4 is 0 Å². The van der Waals surface area contributed by atoms with Gasteiger partial charge in [-0.25, -0.2) is 0 Å². The normalized spacial score (nSPS) is 24.4. The highest BCUT2D eigenvalue weighted by molar-refractivity contribution is 5.45. The third kappa shape index (κ3) is 2.42. The van der Waals surface area contributed by atoms with Gasteiger partial charge in [0.05, 0.1) is 0 Å². The number of fused-ring (bicyclic) bond motifs is 1. The second kappa shape index (κ2) is 5.39. The molecule has 0 aromatic heterocycles. The minimum Gasteiger partial charge on any atom is -0.454 e. The van der Waals surface area contributed by atoms with Crippen LogP contribution < -0.4 is 15.2 Å². The lowest BCUT2D eigenvalue weighted by molar-refractivity contribution is 0.160. The molecule has 2 aliphatic heterocycles. The molecule has 2 heterocycles. The van der Waals surface area contributed by atoms with E-state index in [9.17, 15) is 0 Å². The average Bonchev–Trinajstić information content (AvgIpc) is 2.89. The summed E-state index contributed by atoms with van der Waals surface area (Å²) in [5, 5.41) is 0. The van der Waals surface area contributed by atoms with Crippen molar-refractivity contribution in [3.8, 4) is 11.5 Å². The lowest BCUT2D eigenvalue weighted by Crippen LogP contribution is -2.42. The summed E-state index contributed by atoms with van der Waals surface area (Å²) in [4.78, 5) is 2.45. The number of likely N-dealkylation sites (N-methyl/N-ethyl adjacent to an activating group) is 1. The Labute approximate surface area is 114 Å². The van der Waals surface area contributed by atoms with Gasteiger partial charge in [0, 0.05) is 18.5 Å². The monoisotopic (exact) mass is 262 g/mol. The SMILES string of the molecule is CN1CCCCC1C(CN)c1ccc2c(c1)OCO2. The zero-order valence-electron chi connectivity index (χ0n) is 11.5. The van der Waals surface area contributed by atoms with E-state index in [1.54, 1.807) is 0 Å². The molecule has 0 amide bonds. The molecule has 0 bridgehead atoms. The van der Waals surface area contributed by atoms with Crippen LogP contribution in [0.5, 0.6) is 11.5 Å². The van der Waals surface area contributed by atoms with Gasteiger partial charge in [-0.2, -0.15) is 0 Å². The van der Waals surface area contributed by atoms with Crippen LogP contribution in [0.15, 0.2) is 18.2 Å². The molecule has 2 aliphatic rings. The van der Waals surface area contributed by atoms with E-state index >= 15 is 0 Å². The first kappa shape index (κ1) is 12.8. The van der Waals surface area contributed by atoms with Crippen LogP contribution in [0.25, 0.3) is 0 Å². The van der Waals surface area contributed by atoms with Crippen molar-refractivity contribution in [2.45, 2.75) is 31.2 Å². The molecule has 4 nitrogen and oxygen atoms in total. The van der Waals surface area contributed by atoms with Gasteiger partial charge in [-0.05, 0) is 44.1 Å². The molecule has 1 saturated heterocycles. The van der Waals surface area contributed by atoms with Gasteiger partial charge in [-0.3, -0.25) is 0 Å². The van der Waals surface area contributed by atoms with Crippen LogP contribution in [0, 0.1) is 0 Å². The fourth-order valence-corrected chi connectivity index (χ4v) is 3.27. The van der Waals surface area contributed by atoms with Crippen LogP contribution in [0.4, 0.5) is 0 Å². The zero-order chi connectivity index (χ0) is 13.2. The molecule has 0 aliphatic carbocycles. The Morgan fingerprint density at radius 2 is 2.16 bits per heavy atom. The number of benzene rings is 1. The van der Waals surface area contributed by atoms with Crippen LogP contribution in [0.2, 0.25) is 0 Å². The maximum absolute atomic E-state index is 6.04.